The highest BCUT2D eigenvalue weighted by atomic mass is 16.5. The SMILES string of the molecule is CCC1CNCCO1.O=C(O)c1ccccc1. The van der Waals surface area contributed by atoms with Crippen LogP contribution in [0.25, 0.3) is 0 Å². The predicted octanol–water partition coefficient (Wildman–Crippen LogP) is 1.77. The highest BCUT2D eigenvalue weighted by Crippen LogP contribution is 1.98. The molecule has 1 fully saturated rings. The van der Waals surface area contributed by atoms with Crippen LogP contribution in [-0.4, -0.2) is 36.9 Å². The third-order valence-corrected chi connectivity index (χ3v) is 2.48. The molecular formula is C13H19NO3. The molecule has 1 saturated heterocycles. The minimum atomic E-state index is -0.879. The first-order valence-corrected chi connectivity index (χ1v) is 5.84. The number of aromatic carboxylic acids is 1. The van der Waals surface area contributed by atoms with Gasteiger partial charge in [0, 0.05) is 13.1 Å². The number of hydrogen-bond donors (Lipinski definition) is 2. The smallest absolute Gasteiger partial charge is 0.335 e. The van der Waals surface area contributed by atoms with Crippen LogP contribution in [0.4, 0.5) is 0 Å². The highest BCUT2D eigenvalue weighted by molar-refractivity contribution is 5.87. The van der Waals surface area contributed by atoms with Crippen LogP contribution < -0.4 is 5.32 Å². The van der Waals surface area contributed by atoms with E-state index in [1.165, 1.54) is 0 Å². The molecule has 4 heteroatoms. The van der Waals surface area contributed by atoms with Crippen molar-refractivity contribution in [2.24, 2.45) is 0 Å². The fourth-order valence-electron chi connectivity index (χ4n) is 1.46. The van der Waals surface area contributed by atoms with Crippen molar-refractivity contribution < 1.29 is 14.6 Å². The Labute approximate surface area is 102 Å². The largest absolute Gasteiger partial charge is 0.478 e. The number of rotatable bonds is 2. The summed E-state index contributed by atoms with van der Waals surface area (Å²) in [5.41, 5.74) is 0.331. The molecule has 94 valence electrons. The van der Waals surface area contributed by atoms with Crippen molar-refractivity contribution in [1.82, 2.24) is 5.32 Å². The van der Waals surface area contributed by atoms with Crippen LogP contribution in [0.5, 0.6) is 0 Å². The molecule has 0 spiro atoms. The van der Waals surface area contributed by atoms with Gasteiger partial charge in [0.05, 0.1) is 18.3 Å². The lowest BCUT2D eigenvalue weighted by molar-refractivity contribution is 0.0267. The molecule has 0 radical (unpaired) electrons. The van der Waals surface area contributed by atoms with Gasteiger partial charge in [-0.2, -0.15) is 0 Å². The lowest BCUT2D eigenvalue weighted by Gasteiger charge is -2.21. The Morgan fingerprint density at radius 1 is 1.47 bits per heavy atom. The van der Waals surface area contributed by atoms with Crippen molar-refractivity contribution in [1.29, 1.82) is 0 Å². The summed E-state index contributed by atoms with van der Waals surface area (Å²) in [6.07, 6.45) is 1.61. The third-order valence-electron chi connectivity index (χ3n) is 2.48. The number of ether oxygens (including phenoxy) is 1. The standard InChI is InChI=1S/C7H6O2.C6H13NO/c8-7(9)6-4-2-1-3-5-6;1-2-6-5-7-3-4-8-6/h1-5H,(H,8,9);6-7H,2-5H2,1H3. The molecule has 4 nitrogen and oxygen atoms in total. The lowest BCUT2D eigenvalue weighted by Crippen LogP contribution is -2.37. The van der Waals surface area contributed by atoms with Gasteiger partial charge >= 0.3 is 5.97 Å². The number of carboxylic acid groups (broad SMARTS) is 1. The molecular weight excluding hydrogens is 218 g/mol. The maximum Gasteiger partial charge on any atom is 0.335 e. The first kappa shape index (κ1) is 13.7. The van der Waals surface area contributed by atoms with E-state index in [1.807, 2.05) is 0 Å². The lowest BCUT2D eigenvalue weighted by atomic mass is 10.2. The van der Waals surface area contributed by atoms with E-state index in [2.05, 4.69) is 12.2 Å². The van der Waals surface area contributed by atoms with Crippen molar-refractivity contribution in [3.8, 4) is 0 Å². The summed E-state index contributed by atoms with van der Waals surface area (Å²) < 4.78 is 5.36. The number of hydrogen-bond acceptors (Lipinski definition) is 3. The summed E-state index contributed by atoms with van der Waals surface area (Å²) in [7, 11) is 0. The molecule has 1 aliphatic heterocycles. The Hall–Kier alpha value is -1.39. The highest BCUT2D eigenvalue weighted by Gasteiger charge is 2.08. The Balaban J connectivity index is 0.000000171. The molecule has 0 bridgehead atoms. The van der Waals surface area contributed by atoms with E-state index in [4.69, 9.17) is 9.84 Å². The minimum Gasteiger partial charge on any atom is -0.478 e. The second-order valence-corrected chi connectivity index (χ2v) is 3.78. The van der Waals surface area contributed by atoms with Gasteiger partial charge in [-0.3, -0.25) is 0 Å². The van der Waals surface area contributed by atoms with E-state index in [0.717, 1.165) is 26.1 Å². The second kappa shape index (κ2) is 7.81. The first-order valence-electron chi connectivity index (χ1n) is 5.84. The van der Waals surface area contributed by atoms with Crippen LogP contribution in [0.2, 0.25) is 0 Å². The molecule has 0 aromatic heterocycles. The molecule has 1 aliphatic rings. The van der Waals surface area contributed by atoms with Gasteiger partial charge in [0.2, 0.25) is 0 Å². The van der Waals surface area contributed by atoms with Gasteiger partial charge in [-0.15, -0.1) is 0 Å². The van der Waals surface area contributed by atoms with E-state index < -0.39 is 5.97 Å². The Morgan fingerprint density at radius 2 is 2.18 bits per heavy atom. The van der Waals surface area contributed by atoms with Crippen molar-refractivity contribution >= 4 is 5.97 Å². The van der Waals surface area contributed by atoms with E-state index in [1.54, 1.807) is 30.3 Å². The fraction of sp³-hybridized carbons (Fsp3) is 0.462. The predicted molar refractivity (Wildman–Crippen MR) is 66.3 cm³/mol. The first-order chi connectivity index (χ1) is 8.24. The molecule has 0 amide bonds. The van der Waals surface area contributed by atoms with Gasteiger partial charge in [0.15, 0.2) is 0 Å². The Morgan fingerprint density at radius 3 is 2.53 bits per heavy atom. The van der Waals surface area contributed by atoms with Gasteiger partial charge in [-0.25, -0.2) is 4.79 Å². The fourth-order valence-corrected chi connectivity index (χ4v) is 1.46. The second-order valence-electron chi connectivity index (χ2n) is 3.78. The summed E-state index contributed by atoms with van der Waals surface area (Å²) in [6.45, 7) is 5.10. The average molecular weight is 237 g/mol. The van der Waals surface area contributed by atoms with Crippen LogP contribution in [0.1, 0.15) is 23.7 Å². The zero-order valence-corrected chi connectivity index (χ0v) is 10.1. The average Bonchev–Trinajstić information content (AvgIpc) is 2.41. The van der Waals surface area contributed by atoms with Gasteiger partial charge < -0.3 is 15.2 Å². The molecule has 0 saturated carbocycles. The van der Waals surface area contributed by atoms with Crippen molar-refractivity contribution in [3.63, 3.8) is 0 Å². The summed E-state index contributed by atoms with van der Waals surface area (Å²) in [6, 6.07) is 8.30. The van der Waals surface area contributed by atoms with Crippen LogP contribution in [0.3, 0.4) is 0 Å². The number of morpholine rings is 1. The van der Waals surface area contributed by atoms with Crippen molar-refractivity contribution in [2.45, 2.75) is 19.4 Å². The zero-order valence-electron chi connectivity index (χ0n) is 10.1. The van der Waals surface area contributed by atoms with Gasteiger partial charge in [0.1, 0.15) is 0 Å². The van der Waals surface area contributed by atoms with E-state index in [9.17, 15) is 4.79 Å². The molecule has 1 atom stereocenters. The zero-order chi connectivity index (χ0) is 12.5. The van der Waals surface area contributed by atoms with Crippen LogP contribution in [0.15, 0.2) is 30.3 Å². The quantitative estimate of drug-likeness (QED) is 0.823. The van der Waals surface area contributed by atoms with Crippen molar-refractivity contribution in [2.75, 3.05) is 19.7 Å². The van der Waals surface area contributed by atoms with Gasteiger partial charge in [-0.05, 0) is 18.6 Å². The number of carboxylic acids is 1. The van der Waals surface area contributed by atoms with Gasteiger partial charge in [-0.1, -0.05) is 25.1 Å². The van der Waals surface area contributed by atoms with Crippen LogP contribution >= 0.6 is 0 Å². The molecule has 1 aromatic rings. The van der Waals surface area contributed by atoms with Crippen LogP contribution in [0, 0.1) is 0 Å². The molecule has 0 aliphatic carbocycles. The van der Waals surface area contributed by atoms with E-state index in [-0.39, 0.29) is 0 Å². The molecule has 1 heterocycles. The minimum absolute atomic E-state index is 0.331. The van der Waals surface area contributed by atoms with Crippen molar-refractivity contribution in [3.05, 3.63) is 35.9 Å². The molecule has 2 N–H and O–H groups in total. The summed E-state index contributed by atoms with van der Waals surface area (Å²) in [4.78, 5) is 10.2. The molecule has 1 unspecified atom stereocenters. The normalized spacial score (nSPS) is 19.0. The summed E-state index contributed by atoms with van der Waals surface area (Å²) in [5.74, 6) is -0.879. The third kappa shape index (κ3) is 5.47. The number of benzene rings is 1. The molecule has 2 rings (SSSR count). The summed E-state index contributed by atoms with van der Waals surface area (Å²) in [5, 5.41) is 11.6. The van der Waals surface area contributed by atoms with E-state index >= 15 is 0 Å². The number of carbonyl (C=O) groups is 1. The molecule has 17 heavy (non-hydrogen) atoms. The van der Waals surface area contributed by atoms with Gasteiger partial charge in [0.25, 0.3) is 0 Å². The Bertz CT molecular complexity index is 321. The monoisotopic (exact) mass is 237 g/mol. The molecule has 1 aromatic carbocycles. The maximum atomic E-state index is 10.2. The van der Waals surface area contributed by atoms with E-state index in [0.29, 0.717) is 11.7 Å². The van der Waals surface area contributed by atoms with Crippen LogP contribution in [-0.2, 0) is 4.74 Å². The number of nitrogens with one attached hydrogen (secondary N) is 1. The Kier molecular flexibility index (Phi) is 6.29. The topological polar surface area (TPSA) is 58.6 Å². The summed E-state index contributed by atoms with van der Waals surface area (Å²) >= 11 is 0. The maximum absolute atomic E-state index is 10.2.